The van der Waals surface area contributed by atoms with Gasteiger partial charge in [-0.15, -0.1) is 0 Å². The first-order chi connectivity index (χ1) is 13.0. The van der Waals surface area contributed by atoms with Gasteiger partial charge in [0.2, 0.25) is 0 Å². The second kappa shape index (κ2) is 8.50. The average molecular weight is 404 g/mol. The lowest BCUT2D eigenvalue weighted by Gasteiger charge is -2.13. The summed E-state index contributed by atoms with van der Waals surface area (Å²) in [6.07, 6.45) is 1.70. The van der Waals surface area contributed by atoms with Crippen LogP contribution in [0.5, 0.6) is 11.5 Å². The number of benzene rings is 2. The quantitative estimate of drug-likeness (QED) is 0.650. The van der Waals surface area contributed by atoms with E-state index in [1.807, 2.05) is 25.1 Å². The van der Waals surface area contributed by atoms with Gasteiger partial charge in [0.1, 0.15) is 18.1 Å². The van der Waals surface area contributed by atoms with Gasteiger partial charge < -0.3 is 9.47 Å². The van der Waals surface area contributed by atoms with Gasteiger partial charge in [-0.1, -0.05) is 23.7 Å². The monoisotopic (exact) mass is 403 g/mol. The van der Waals surface area contributed by atoms with Gasteiger partial charge in [0.25, 0.3) is 11.1 Å². The number of imide groups is 1. The molecule has 27 heavy (non-hydrogen) atoms. The molecule has 1 aliphatic heterocycles. The molecule has 5 nitrogen and oxygen atoms in total. The van der Waals surface area contributed by atoms with Crippen molar-refractivity contribution in [3.63, 3.8) is 0 Å². The summed E-state index contributed by atoms with van der Waals surface area (Å²) in [6.45, 7) is 2.34. The molecule has 2 amide bonds. The molecule has 0 atom stereocenters. The van der Waals surface area contributed by atoms with Crippen LogP contribution in [-0.2, 0) is 4.79 Å². The molecule has 0 unspecified atom stereocenters. The third-order valence-electron chi connectivity index (χ3n) is 4.00. The summed E-state index contributed by atoms with van der Waals surface area (Å²) in [7, 11) is 1.60. The molecule has 3 rings (SSSR count). The SMILES string of the molecule is COc1cc(/C=C2\SC(=O)N(CCOc3ccc(Cl)cc3)C2=O)ccc1C. The predicted octanol–water partition coefficient (Wildman–Crippen LogP) is 4.77. The van der Waals surface area contributed by atoms with E-state index in [0.29, 0.717) is 15.7 Å². The van der Waals surface area contributed by atoms with E-state index in [1.54, 1.807) is 37.5 Å². The zero-order chi connectivity index (χ0) is 19.4. The van der Waals surface area contributed by atoms with Crippen molar-refractivity contribution in [2.24, 2.45) is 0 Å². The first kappa shape index (κ1) is 19.3. The van der Waals surface area contributed by atoms with Gasteiger partial charge in [-0.2, -0.15) is 0 Å². The summed E-state index contributed by atoms with van der Waals surface area (Å²) in [5.74, 6) is 1.05. The smallest absolute Gasteiger partial charge is 0.293 e. The summed E-state index contributed by atoms with van der Waals surface area (Å²) >= 11 is 6.75. The lowest BCUT2D eigenvalue weighted by Crippen LogP contribution is -2.32. The Morgan fingerprint density at radius 3 is 2.59 bits per heavy atom. The highest BCUT2D eigenvalue weighted by molar-refractivity contribution is 8.18. The molecule has 7 heteroatoms. The van der Waals surface area contributed by atoms with E-state index in [1.165, 1.54) is 4.90 Å². The molecular formula is C20H18ClNO4S. The second-order valence-corrected chi connectivity index (χ2v) is 7.29. The molecule has 1 fully saturated rings. The number of methoxy groups -OCH3 is 1. The van der Waals surface area contributed by atoms with E-state index >= 15 is 0 Å². The van der Waals surface area contributed by atoms with Crippen molar-refractivity contribution >= 4 is 40.6 Å². The standard InChI is InChI=1S/C20H18ClNO4S/c1-13-3-4-14(11-17(13)25-2)12-18-19(23)22(20(24)27-18)9-10-26-16-7-5-15(21)6-8-16/h3-8,11-12H,9-10H2,1-2H3/b18-12-. The minimum atomic E-state index is -0.316. The van der Waals surface area contributed by atoms with Crippen LogP contribution >= 0.6 is 23.4 Å². The number of hydrogen-bond donors (Lipinski definition) is 0. The molecule has 0 N–H and O–H groups in total. The minimum Gasteiger partial charge on any atom is -0.496 e. The Morgan fingerprint density at radius 2 is 1.89 bits per heavy atom. The van der Waals surface area contributed by atoms with E-state index in [9.17, 15) is 9.59 Å². The van der Waals surface area contributed by atoms with Crippen LogP contribution in [-0.4, -0.2) is 36.3 Å². The molecule has 2 aromatic carbocycles. The molecule has 2 aromatic rings. The van der Waals surface area contributed by atoms with Crippen molar-refractivity contribution < 1.29 is 19.1 Å². The van der Waals surface area contributed by atoms with Gasteiger partial charge in [0.05, 0.1) is 18.6 Å². The summed E-state index contributed by atoms with van der Waals surface area (Å²) in [5.41, 5.74) is 1.81. The van der Waals surface area contributed by atoms with Crippen molar-refractivity contribution in [2.45, 2.75) is 6.92 Å². The average Bonchev–Trinajstić information content (AvgIpc) is 2.92. The third kappa shape index (κ3) is 4.64. The van der Waals surface area contributed by atoms with E-state index in [-0.39, 0.29) is 24.3 Å². The van der Waals surface area contributed by atoms with Crippen LogP contribution < -0.4 is 9.47 Å². The van der Waals surface area contributed by atoms with Crippen LogP contribution in [0.15, 0.2) is 47.4 Å². The topological polar surface area (TPSA) is 55.8 Å². The van der Waals surface area contributed by atoms with Crippen LogP contribution in [0, 0.1) is 6.92 Å². The molecule has 0 saturated carbocycles. The Kier molecular flexibility index (Phi) is 6.08. The number of ether oxygens (including phenoxy) is 2. The van der Waals surface area contributed by atoms with Gasteiger partial charge in [-0.25, -0.2) is 0 Å². The van der Waals surface area contributed by atoms with E-state index in [2.05, 4.69) is 0 Å². The highest BCUT2D eigenvalue weighted by Gasteiger charge is 2.34. The Labute approximate surface area is 166 Å². The fraction of sp³-hybridized carbons (Fsp3) is 0.200. The first-order valence-corrected chi connectivity index (χ1v) is 9.46. The summed E-state index contributed by atoms with van der Waals surface area (Å²) in [5, 5.41) is 0.316. The lowest BCUT2D eigenvalue weighted by atomic mass is 10.1. The van der Waals surface area contributed by atoms with E-state index < -0.39 is 0 Å². The maximum absolute atomic E-state index is 12.5. The molecule has 0 aromatic heterocycles. The fourth-order valence-corrected chi connectivity index (χ4v) is 3.55. The maximum atomic E-state index is 12.5. The number of carbonyl (C=O) groups is 2. The fourth-order valence-electron chi connectivity index (χ4n) is 2.56. The number of hydrogen-bond acceptors (Lipinski definition) is 5. The molecule has 0 bridgehead atoms. The number of carbonyl (C=O) groups excluding carboxylic acids is 2. The van der Waals surface area contributed by atoms with E-state index in [0.717, 1.165) is 28.6 Å². The normalized spacial score (nSPS) is 15.5. The summed E-state index contributed by atoms with van der Waals surface area (Å²) in [6, 6.07) is 12.5. The number of nitrogens with zero attached hydrogens (tertiary/aromatic N) is 1. The van der Waals surface area contributed by atoms with E-state index in [4.69, 9.17) is 21.1 Å². The Bertz CT molecular complexity index is 895. The maximum Gasteiger partial charge on any atom is 0.293 e. The second-order valence-electron chi connectivity index (χ2n) is 5.86. The van der Waals surface area contributed by atoms with Gasteiger partial charge >= 0.3 is 0 Å². The van der Waals surface area contributed by atoms with Gasteiger partial charge in [0, 0.05) is 5.02 Å². The summed E-state index contributed by atoms with van der Waals surface area (Å²) in [4.78, 5) is 26.3. The third-order valence-corrected chi connectivity index (χ3v) is 5.16. The van der Waals surface area contributed by atoms with Crippen molar-refractivity contribution in [1.82, 2.24) is 4.90 Å². The Balaban J connectivity index is 1.65. The van der Waals surface area contributed by atoms with Crippen LogP contribution in [0.3, 0.4) is 0 Å². The number of amides is 2. The highest BCUT2D eigenvalue weighted by atomic mass is 35.5. The minimum absolute atomic E-state index is 0.182. The van der Waals surface area contributed by atoms with Crippen molar-refractivity contribution in [3.8, 4) is 11.5 Å². The predicted molar refractivity (Wildman–Crippen MR) is 107 cm³/mol. The Morgan fingerprint density at radius 1 is 1.15 bits per heavy atom. The van der Waals surface area contributed by atoms with Crippen LogP contribution in [0.25, 0.3) is 6.08 Å². The van der Waals surface area contributed by atoms with Gasteiger partial charge in [-0.3, -0.25) is 14.5 Å². The Hall–Kier alpha value is -2.44. The van der Waals surface area contributed by atoms with Crippen LogP contribution in [0.4, 0.5) is 4.79 Å². The van der Waals surface area contributed by atoms with Crippen molar-refractivity contribution in [1.29, 1.82) is 0 Å². The largest absolute Gasteiger partial charge is 0.496 e. The zero-order valence-corrected chi connectivity index (χ0v) is 16.5. The molecule has 1 aliphatic rings. The first-order valence-electron chi connectivity index (χ1n) is 8.26. The molecule has 0 aliphatic carbocycles. The summed E-state index contributed by atoms with van der Waals surface area (Å²) < 4.78 is 10.9. The van der Waals surface area contributed by atoms with Crippen LogP contribution in [0.2, 0.25) is 5.02 Å². The number of thioether (sulfide) groups is 1. The highest BCUT2D eigenvalue weighted by Crippen LogP contribution is 2.33. The molecule has 1 saturated heterocycles. The zero-order valence-electron chi connectivity index (χ0n) is 14.9. The molecule has 0 spiro atoms. The molecule has 1 heterocycles. The lowest BCUT2D eigenvalue weighted by molar-refractivity contribution is -0.123. The number of aryl methyl sites for hydroxylation is 1. The molecular weight excluding hydrogens is 386 g/mol. The number of rotatable bonds is 6. The van der Waals surface area contributed by atoms with Crippen molar-refractivity contribution in [3.05, 3.63) is 63.5 Å². The van der Waals surface area contributed by atoms with Crippen LogP contribution in [0.1, 0.15) is 11.1 Å². The molecule has 0 radical (unpaired) electrons. The number of halogens is 1. The van der Waals surface area contributed by atoms with Gasteiger partial charge in [-0.05, 0) is 66.2 Å². The van der Waals surface area contributed by atoms with Gasteiger partial charge in [0.15, 0.2) is 0 Å². The van der Waals surface area contributed by atoms with Crippen molar-refractivity contribution in [2.75, 3.05) is 20.3 Å². The molecule has 140 valence electrons.